The zero-order chi connectivity index (χ0) is 14.8. The topological polar surface area (TPSA) is 70.9 Å². The standard InChI is InChI=1S/C16H23N3O/c1-16(2,3)14(17)15(20)18-9-8-11-10-19-13-7-5-4-6-12(11)13/h4-7,10,14,19H,8-9,17H2,1-3H3,(H,18,20). The van der Waals surface area contributed by atoms with E-state index in [4.69, 9.17) is 5.73 Å². The van der Waals surface area contributed by atoms with Crippen LogP contribution in [0.15, 0.2) is 30.5 Å². The monoisotopic (exact) mass is 273 g/mol. The Bertz CT molecular complexity index is 595. The summed E-state index contributed by atoms with van der Waals surface area (Å²) < 4.78 is 0. The summed E-state index contributed by atoms with van der Waals surface area (Å²) >= 11 is 0. The number of para-hydroxylation sites is 1. The van der Waals surface area contributed by atoms with Crippen LogP contribution >= 0.6 is 0 Å². The Balaban J connectivity index is 1.92. The number of aromatic amines is 1. The first-order chi connectivity index (χ1) is 9.39. The Morgan fingerprint density at radius 2 is 2.05 bits per heavy atom. The van der Waals surface area contributed by atoms with E-state index in [1.54, 1.807) is 0 Å². The van der Waals surface area contributed by atoms with E-state index in [9.17, 15) is 4.79 Å². The number of amides is 1. The number of nitrogens with two attached hydrogens (primary N) is 1. The fraction of sp³-hybridized carbons (Fsp3) is 0.438. The second-order valence-corrected chi connectivity index (χ2v) is 6.24. The predicted octanol–water partition coefficient (Wildman–Crippen LogP) is 2.20. The maximum Gasteiger partial charge on any atom is 0.237 e. The van der Waals surface area contributed by atoms with Gasteiger partial charge in [0.15, 0.2) is 0 Å². The molecule has 20 heavy (non-hydrogen) atoms. The van der Waals surface area contributed by atoms with Gasteiger partial charge in [-0.25, -0.2) is 0 Å². The Kier molecular flexibility index (Phi) is 4.14. The third-order valence-corrected chi connectivity index (χ3v) is 3.58. The first-order valence-corrected chi connectivity index (χ1v) is 6.98. The van der Waals surface area contributed by atoms with Crippen molar-refractivity contribution in [3.8, 4) is 0 Å². The molecule has 1 heterocycles. The molecule has 0 aliphatic rings. The van der Waals surface area contributed by atoms with E-state index in [2.05, 4.69) is 16.4 Å². The van der Waals surface area contributed by atoms with Crippen molar-refractivity contribution in [1.29, 1.82) is 0 Å². The van der Waals surface area contributed by atoms with E-state index in [0.717, 1.165) is 11.9 Å². The molecule has 108 valence electrons. The number of carbonyl (C=O) groups excluding carboxylic acids is 1. The molecule has 0 saturated heterocycles. The molecular weight excluding hydrogens is 250 g/mol. The molecule has 0 spiro atoms. The first-order valence-electron chi connectivity index (χ1n) is 6.98. The molecule has 1 amide bonds. The lowest BCUT2D eigenvalue weighted by Crippen LogP contribution is -2.48. The highest BCUT2D eigenvalue weighted by Gasteiger charge is 2.26. The van der Waals surface area contributed by atoms with Crippen LogP contribution in [0, 0.1) is 5.41 Å². The quantitative estimate of drug-likeness (QED) is 0.799. The van der Waals surface area contributed by atoms with E-state index in [-0.39, 0.29) is 11.3 Å². The van der Waals surface area contributed by atoms with Gasteiger partial charge in [-0.1, -0.05) is 39.0 Å². The summed E-state index contributed by atoms with van der Waals surface area (Å²) in [6.45, 7) is 6.51. The molecule has 0 saturated carbocycles. The normalized spacial score (nSPS) is 13.4. The number of hydrogen-bond acceptors (Lipinski definition) is 2. The maximum atomic E-state index is 11.9. The molecule has 4 N–H and O–H groups in total. The highest BCUT2D eigenvalue weighted by molar-refractivity contribution is 5.84. The Morgan fingerprint density at radius 3 is 2.75 bits per heavy atom. The average molecular weight is 273 g/mol. The molecule has 0 fully saturated rings. The van der Waals surface area contributed by atoms with E-state index in [1.807, 2.05) is 45.2 Å². The van der Waals surface area contributed by atoms with Crippen LogP contribution in [0.5, 0.6) is 0 Å². The second-order valence-electron chi connectivity index (χ2n) is 6.24. The predicted molar refractivity (Wildman–Crippen MR) is 82.4 cm³/mol. The van der Waals surface area contributed by atoms with Crippen molar-refractivity contribution in [3.63, 3.8) is 0 Å². The lowest BCUT2D eigenvalue weighted by molar-refractivity contribution is -0.124. The highest BCUT2D eigenvalue weighted by atomic mass is 16.2. The zero-order valence-electron chi connectivity index (χ0n) is 12.4. The van der Waals surface area contributed by atoms with E-state index < -0.39 is 6.04 Å². The molecule has 0 aliphatic carbocycles. The number of nitrogens with one attached hydrogen (secondary N) is 2. The first kappa shape index (κ1) is 14.6. The van der Waals surface area contributed by atoms with Crippen molar-refractivity contribution >= 4 is 16.8 Å². The van der Waals surface area contributed by atoms with Gasteiger partial charge in [0, 0.05) is 23.6 Å². The maximum absolute atomic E-state index is 11.9. The Labute approximate surface area is 119 Å². The lowest BCUT2D eigenvalue weighted by Gasteiger charge is -2.25. The largest absolute Gasteiger partial charge is 0.361 e. The van der Waals surface area contributed by atoms with Gasteiger partial charge >= 0.3 is 0 Å². The summed E-state index contributed by atoms with van der Waals surface area (Å²) in [5.41, 5.74) is 8.05. The van der Waals surface area contributed by atoms with E-state index >= 15 is 0 Å². The van der Waals surface area contributed by atoms with E-state index in [1.165, 1.54) is 10.9 Å². The second kappa shape index (κ2) is 5.67. The smallest absolute Gasteiger partial charge is 0.237 e. The van der Waals surface area contributed by atoms with Gasteiger partial charge in [-0.05, 0) is 23.5 Å². The molecule has 0 radical (unpaired) electrons. The molecule has 0 bridgehead atoms. The van der Waals surface area contributed by atoms with Gasteiger partial charge in [-0.3, -0.25) is 4.79 Å². The van der Waals surface area contributed by atoms with Gasteiger partial charge in [0.2, 0.25) is 5.91 Å². The third-order valence-electron chi connectivity index (χ3n) is 3.58. The van der Waals surface area contributed by atoms with Crippen molar-refractivity contribution in [2.75, 3.05) is 6.54 Å². The minimum absolute atomic E-state index is 0.0858. The summed E-state index contributed by atoms with van der Waals surface area (Å²) in [5.74, 6) is -0.0858. The molecule has 2 rings (SSSR count). The van der Waals surface area contributed by atoms with Crippen molar-refractivity contribution in [3.05, 3.63) is 36.0 Å². The number of hydrogen-bond donors (Lipinski definition) is 3. The number of rotatable bonds is 4. The Hall–Kier alpha value is -1.81. The molecule has 0 aliphatic heterocycles. The van der Waals surface area contributed by atoms with Crippen molar-refractivity contribution in [2.45, 2.75) is 33.2 Å². The fourth-order valence-electron chi connectivity index (χ4n) is 2.16. The van der Waals surface area contributed by atoms with Gasteiger partial charge in [0.25, 0.3) is 0 Å². The summed E-state index contributed by atoms with van der Waals surface area (Å²) in [6, 6.07) is 7.68. The van der Waals surface area contributed by atoms with Crippen LogP contribution in [0.3, 0.4) is 0 Å². The molecule has 2 aromatic rings. The van der Waals surface area contributed by atoms with Crippen LogP contribution in [0.4, 0.5) is 0 Å². The summed E-state index contributed by atoms with van der Waals surface area (Å²) in [6.07, 6.45) is 2.80. The zero-order valence-corrected chi connectivity index (χ0v) is 12.4. The van der Waals surface area contributed by atoms with E-state index in [0.29, 0.717) is 6.54 Å². The molecular formula is C16H23N3O. The van der Waals surface area contributed by atoms with Gasteiger partial charge < -0.3 is 16.0 Å². The number of benzene rings is 1. The van der Waals surface area contributed by atoms with Crippen LogP contribution in [0.25, 0.3) is 10.9 Å². The van der Waals surface area contributed by atoms with Crippen LogP contribution in [-0.4, -0.2) is 23.5 Å². The number of H-pyrrole nitrogens is 1. The SMILES string of the molecule is CC(C)(C)C(N)C(=O)NCCc1c[nH]c2ccccc12. The van der Waals surface area contributed by atoms with Crippen LogP contribution in [-0.2, 0) is 11.2 Å². The number of aromatic nitrogens is 1. The van der Waals surface area contributed by atoms with Crippen molar-refractivity contribution in [2.24, 2.45) is 11.1 Å². The summed E-state index contributed by atoms with van der Waals surface area (Å²) in [7, 11) is 0. The minimum atomic E-state index is -0.481. The van der Waals surface area contributed by atoms with Gasteiger partial charge in [-0.2, -0.15) is 0 Å². The molecule has 1 unspecified atom stereocenters. The molecule has 1 aromatic carbocycles. The Morgan fingerprint density at radius 1 is 1.35 bits per heavy atom. The summed E-state index contributed by atoms with van der Waals surface area (Å²) in [4.78, 5) is 15.2. The molecule has 1 atom stereocenters. The van der Waals surface area contributed by atoms with Gasteiger partial charge in [-0.15, -0.1) is 0 Å². The molecule has 4 nitrogen and oxygen atoms in total. The van der Waals surface area contributed by atoms with Gasteiger partial charge in [0.05, 0.1) is 6.04 Å². The minimum Gasteiger partial charge on any atom is -0.361 e. The van der Waals surface area contributed by atoms with Crippen molar-refractivity contribution in [1.82, 2.24) is 10.3 Å². The highest BCUT2D eigenvalue weighted by Crippen LogP contribution is 2.18. The van der Waals surface area contributed by atoms with Crippen molar-refractivity contribution < 1.29 is 4.79 Å². The molecule has 4 heteroatoms. The van der Waals surface area contributed by atoms with Gasteiger partial charge in [0.1, 0.15) is 0 Å². The number of carbonyl (C=O) groups is 1. The fourth-order valence-corrected chi connectivity index (χ4v) is 2.16. The van der Waals surface area contributed by atoms with Crippen LogP contribution in [0.2, 0.25) is 0 Å². The third kappa shape index (κ3) is 3.20. The summed E-state index contributed by atoms with van der Waals surface area (Å²) in [5, 5.41) is 4.12. The lowest BCUT2D eigenvalue weighted by atomic mass is 9.87. The number of fused-ring (bicyclic) bond motifs is 1. The molecule has 1 aromatic heterocycles. The van der Waals surface area contributed by atoms with Crippen LogP contribution < -0.4 is 11.1 Å². The average Bonchev–Trinajstić information content (AvgIpc) is 2.80. The van der Waals surface area contributed by atoms with Crippen LogP contribution in [0.1, 0.15) is 26.3 Å².